The maximum Gasteiger partial charge on any atom is 0.208 e. The number of nitrogens with one attached hydrogen (secondary N) is 1. The van der Waals surface area contributed by atoms with Gasteiger partial charge in [0.1, 0.15) is 0 Å². The lowest BCUT2D eigenvalue weighted by atomic mass is 10.3. The average Bonchev–Trinajstić information content (AvgIpc) is 2.28. The van der Waals surface area contributed by atoms with E-state index in [1.54, 1.807) is 14.2 Å². The van der Waals surface area contributed by atoms with Crippen LogP contribution in [0.2, 0.25) is 0 Å². The molecule has 3 N–H and O–H groups in total. The fraction of sp³-hybridized carbons (Fsp3) is 0.900. The first-order valence-electron chi connectivity index (χ1n) is 5.46. The Labute approximate surface area is 97.8 Å². The number of hydrogen-bond donors (Lipinski definition) is 2. The van der Waals surface area contributed by atoms with E-state index >= 15 is 0 Å². The molecule has 0 bridgehead atoms. The van der Waals surface area contributed by atoms with E-state index in [9.17, 15) is 0 Å². The number of guanidine groups is 1. The fourth-order valence-electron chi connectivity index (χ4n) is 1.46. The zero-order valence-corrected chi connectivity index (χ0v) is 10.7. The molecule has 0 amide bonds. The number of likely N-dealkylation sites (N-methyl/N-ethyl adjacent to an activating group) is 1. The summed E-state index contributed by atoms with van der Waals surface area (Å²) in [6, 6.07) is 0.229. The maximum atomic E-state index is 5.46. The van der Waals surface area contributed by atoms with Crippen LogP contribution in [0, 0.1) is 0 Å². The third-order valence-corrected chi connectivity index (χ3v) is 2.24. The molecule has 6 nitrogen and oxygen atoms in total. The van der Waals surface area contributed by atoms with Crippen molar-refractivity contribution < 1.29 is 9.47 Å². The topological polar surface area (TPSA) is 72.1 Å². The molecule has 1 atom stereocenters. The molecule has 6 heteroatoms. The lowest BCUT2D eigenvalue weighted by Gasteiger charge is -2.30. The summed E-state index contributed by atoms with van der Waals surface area (Å²) in [6.45, 7) is 6.75. The van der Waals surface area contributed by atoms with Crippen LogP contribution in [0.3, 0.4) is 0 Å². The highest BCUT2D eigenvalue weighted by Crippen LogP contribution is 1.99. The van der Waals surface area contributed by atoms with Crippen LogP contribution >= 0.6 is 0 Å². The average molecular weight is 232 g/mol. The molecule has 0 saturated heterocycles. The summed E-state index contributed by atoms with van der Waals surface area (Å²) in [7, 11) is 3.33. The number of aliphatic imine (C=N–C) groups is 1. The molecule has 1 unspecified atom stereocenters. The summed E-state index contributed by atoms with van der Waals surface area (Å²) in [5.41, 5.74) is 2.62. The Bertz CT molecular complexity index is 199. The predicted molar refractivity (Wildman–Crippen MR) is 65.2 cm³/mol. The van der Waals surface area contributed by atoms with E-state index in [0.717, 1.165) is 6.54 Å². The molecular weight excluding hydrogens is 208 g/mol. The summed E-state index contributed by atoms with van der Waals surface area (Å²) in [5.74, 6) is 6.13. The second-order valence-electron chi connectivity index (χ2n) is 3.43. The standard InChI is InChI=1S/C10H24N4O2/c1-5-14(9(2)8-16-4)10(13-11)12-6-7-15-3/h9H,5-8,11H2,1-4H3,(H,12,13). The van der Waals surface area contributed by atoms with E-state index in [4.69, 9.17) is 15.3 Å². The first kappa shape index (κ1) is 15.2. The van der Waals surface area contributed by atoms with Crippen molar-refractivity contribution in [3.8, 4) is 0 Å². The van der Waals surface area contributed by atoms with Gasteiger partial charge in [-0.25, -0.2) is 10.8 Å². The van der Waals surface area contributed by atoms with Gasteiger partial charge in [0, 0.05) is 20.8 Å². The summed E-state index contributed by atoms with van der Waals surface area (Å²) in [5, 5.41) is 0. The molecular formula is C10H24N4O2. The summed E-state index contributed by atoms with van der Waals surface area (Å²) >= 11 is 0. The van der Waals surface area contributed by atoms with E-state index in [1.807, 2.05) is 0 Å². The third-order valence-electron chi connectivity index (χ3n) is 2.24. The van der Waals surface area contributed by atoms with Gasteiger partial charge < -0.3 is 14.4 Å². The molecule has 0 aromatic rings. The Kier molecular flexibility index (Phi) is 8.88. The Balaban J connectivity index is 4.42. The smallest absolute Gasteiger partial charge is 0.208 e. The first-order chi connectivity index (χ1) is 7.71. The van der Waals surface area contributed by atoms with Crippen LogP contribution in [-0.4, -0.2) is 57.4 Å². The molecule has 0 aliphatic carbocycles. The molecule has 0 fully saturated rings. The lowest BCUT2D eigenvalue weighted by molar-refractivity contribution is 0.136. The maximum absolute atomic E-state index is 5.46. The number of nitrogens with two attached hydrogens (primary N) is 1. The Morgan fingerprint density at radius 1 is 1.44 bits per heavy atom. The zero-order chi connectivity index (χ0) is 12.4. The van der Waals surface area contributed by atoms with Gasteiger partial charge in [-0.05, 0) is 13.8 Å². The van der Waals surface area contributed by atoms with Crippen molar-refractivity contribution in [2.24, 2.45) is 10.8 Å². The molecule has 16 heavy (non-hydrogen) atoms. The predicted octanol–water partition coefficient (Wildman–Crippen LogP) is -0.191. The number of hydrogen-bond acceptors (Lipinski definition) is 4. The van der Waals surface area contributed by atoms with Gasteiger partial charge in [0.15, 0.2) is 0 Å². The normalized spacial score (nSPS) is 13.7. The highest BCUT2D eigenvalue weighted by Gasteiger charge is 2.15. The number of nitrogens with zero attached hydrogens (tertiary/aromatic N) is 2. The Morgan fingerprint density at radius 2 is 2.12 bits per heavy atom. The van der Waals surface area contributed by atoms with Crippen molar-refractivity contribution in [1.82, 2.24) is 10.3 Å². The molecule has 0 saturated carbocycles. The molecule has 96 valence electrons. The van der Waals surface area contributed by atoms with Crippen molar-refractivity contribution >= 4 is 5.96 Å². The minimum atomic E-state index is 0.229. The number of hydrazine groups is 1. The van der Waals surface area contributed by atoms with Crippen molar-refractivity contribution in [3.05, 3.63) is 0 Å². The van der Waals surface area contributed by atoms with Crippen LogP contribution < -0.4 is 11.3 Å². The minimum absolute atomic E-state index is 0.229. The number of ether oxygens (including phenoxy) is 2. The van der Waals surface area contributed by atoms with Crippen molar-refractivity contribution in [2.45, 2.75) is 19.9 Å². The summed E-state index contributed by atoms with van der Waals surface area (Å²) < 4.78 is 10.1. The second kappa shape index (κ2) is 9.38. The van der Waals surface area contributed by atoms with Gasteiger partial charge in [0.05, 0.1) is 25.8 Å². The fourth-order valence-corrected chi connectivity index (χ4v) is 1.46. The SMILES string of the molecule is CCN(C(=NCCOC)NN)C(C)COC. The van der Waals surface area contributed by atoms with Gasteiger partial charge >= 0.3 is 0 Å². The molecule has 0 aromatic carbocycles. The van der Waals surface area contributed by atoms with Gasteiger partial charge in [-0.15, -0.1) is 0 Å². The number of methoxy groups -OCH3 is 2. The van der Waals surface area contributed by atoms with Gasteiger partial charge in [-0.2, -0.15) is 0 Å². The lowest BCUT2D eigenvalue weighted by Crippen LogP contribution is -2.50. The largest absolute Gasteiger partial charge is 0.383 e. The van der Waals surface area contributed by atoms with Crippen LogP contribution in [-0.2, 0) is 9.47 Å². The van der Waals surface area contributed by atoms with E-state index in [-0.39, 0.29) is 6.04 Å². The van der Waals surface area contributed by atoms with Crippen LogP contribution in [0.4, 0.5) is 0 Å². The highest BCUT2D eigenvalue weighted by molar-refractivity contribution is 5.79. The molecule has 0 aromatic heterocycles. The van der Waals surface area contributed by atoms with Gasteiger partial charge in [0.2, 0.25) is 5.96 Å². The van der Waals surface area contributed by atoms with Crippen LogP contribution in [0.15, 0.2) is 4.99 Å². The zero-order valence-electron chi connectivity index (χ0n) is 10.7. The second-order valence-corrected chi connectivity index (χ2v) is 3.43. The van der Waals surface area contributed by atoms with Gasteiger partial charge in [-0.1, -0.05) is 0 Å². The molecule has 0 aliphatic rings. The van der Waals surface area contributed by atoms with E-state index in [2.05, 4.69) is 29.2 Å². The van der Waals surface area contributed by atoms with E-state index < -0.39 is 0 Å². The van der Waals surface area contributed by atoms with Crippen LogP contribution in [0.1, 0.15) is 13.8 Å². The molecule has 0 radical (unpaired) electrons. The van der Waals surface area contributed by atoms with E-state index in [0.29, 0.717) is 25.7 Å². The van der Waals surface area contributed by atoms with Crippen molar-refractivity contribution in [1.29, 1.82) is 0 Å². The van der Waals surface area contributed by atoms with Gasteiger partial charge in [-0.3, -0.25) is 5.43 Å². The molecule has 0 rings (SSSR count). The van der Waals surface area contributed by atoms with E-state index in [1.165, 1.54) is 0 Å². The van der Waals surface area contributed by atoms with Crippen molar-refractivity contribution in [3.63, 3.8) is 0 Å². The minimum Gasteiger partial charge on any atom is -0.383 e. The third kappa shape index (κ3) is 5.29. The molecule has 0 aliphatic heterocycles. The van der Waals surface area contributed by atoms with Crippen LogP contribution in [0.25, 0.3) is 0 Å². The Hall–Kier alpha value is -0.850. The van der Waals surface area contributed by atoms with Crippen molar-refractivity contribution in [2.75, 3.05) is 40.5 Å². The van der Waals surface area contributed by atoms with Crippen LogP contribution in [0.5, 0.6) is 0 Å². The number of rotatable bonds is 7. The monoisotopic (exact) mass is 232 g/mol. The quantitative estimate of drug-likeness (QED) is 0.209. The summed E-state index contributed by atoms with van der Waals surface area (Å²) in [4.78, 5) is 6.39. The molecule has 0 heterocycles. The first-order valence-corrected chi connectivity index (χ1v) is 5.46. The summed E-state index contributed by atoms with van der Waals surface area (Å²) in [6.07, 6.45) is 0. The highest BCUT2D eigenvalue weighted by atomic mass is 16.5. The Morgan fingerprint density at radius 3 is 2.56 bits per heavy atom. The van der Waals surface area contributed by atoms with Gasteiger partial charge in [0.25, 0.3) is 0 Å². The molecule has 0 spiro atoms.